The number of hydrogen-bond acceptors (Lipinski definition) is 6. The van der Waals surface area contributed by atoms with Crippen LogP contribution in [0.3, 0.4) is 0 Å². The number of carbonyl (C=O) groups is 1. The first-order chi connectivity index (χ1) is 12.6. The van der Waals surface area contributed by atoms with Gasteiger partial charge in [0.15, 0.2) is 5.71 Å². The molecule has 2 rings (SSSR count). The van der Waals surface area contributed by atoms with E-state index in [9.17, 15) is 4.79 Å². The third-order valence-electron chi connectivity index (χ3n) is 3.61. The number of methoxy groups -OCH3 is 1. The third kappa shape index (κ3) is 5.04. The smallest absolute Gasteiger partial charge is 0.360 e. The maximum Gasteiger partial charge on any atom is 0.360 e. The molecule has 0 saturated carbocycles. The topological polar surface area (TPSA) is 69.5 Å². The maximum absolute atomic E-state index is 12.0. The Labute approximate surface area is 166 Å². The van der Waals surface area contributed by atoms with Crippen LogP contribution in [-0.2, 0) is 25.8 Å². The number of oxime groups is 2. The van der Waals surface area contributed by atoms with E-state index < -0.39 is 5.97 Å². The van der Waals surface area contributed by atoms with Gasteiger partial charge < -0.3 is 14.4 Å². The lowest BCUT2D eigenvalue weighted by atomic mass is 9.99. The molecule has 0 unspecified atom stereocenters. The molecule has 26 heavy (non-hydrogen) atoms. The maximum atomic E-state index is 12.0. The lowest BCUT2D eigenvalue weighted by Gasteiger charge is -2.12. The second-order valence-corrected chi connectivity index (χ2v) is 6.41. The van der Waals surface area contributed by atoms with Gasteiger partial charge in [-0.15, -0.1) is 0 Å². The van der Waals surface area contributed by atoms with E-state index in [2.05, 4.69) is 32.9 Å². The minimum atomic E-state index is -0.582. The summed E-state index contributed by atoms with van der Waals surface area (Å²) in [6.07, 6.45) is 1.66. The second kappa shape index (κ2) is 9.91. The van der Waals surface area contributed by atoms with E-state index in [-0.39, 0.29) is 12.3 Å². The standard InChI is InChI=1S/C19H19IN2O4/c1-13-7-6-9-15(18(22-25-3)19(23)24-2)16(13)12-26-21-11-14-8-4-5-10-17(14)20/h4-11H,12H2,1-3H3/b21-11+,22-18+. The summed E-state index contributed by atoms with van der Waals surface area (Å²) in [5, 5.41) is 7.83. The second-order valence-electron chi connectivity index (χ2n) is 5.24. The fourth-order valence-corrected chi connectivity index (χ4v) is 2.80. The molecule has 0 heterocycles. The van der Waals surface area contributed by atoms with Crippen molar-refractivity contribution in [2.75, 3.05) is 14.2 Å². The summed E-state index contributed by atoms with van der Waals surface area (Å²) in [6.45, 7) is 2.11. The van der Waals surface area contributed by atoms with Gasteiger partial charge in [0.05, 0.1) is 13.3 Å². The van der Waals surface area contributed by atoms with Crippen LogP contribution >= 0.6 is 22.6 Å². The summed E-state index contributed by atoms with van der Waals surface area (Å²) >= 11 is 2.24. The zero-order chi connectivity index (χ0) is 18.9. The number of rotatable bonds is 7. The van der Waals surface area contributed by atoms with Gasteiger partial charge in [0, 0.05) is 20.3 Å². The predicted molar refractivity (Wildman–Crippen MR) is 108 cm³/mol. The van der Waals surface area contributed by atoms with Gasteiger partial charge in [-0.1, -0.05) is 46.7 Å². The van der Waals surface area contributed by atoms with Crippen molar-refractivity contribution in [2.45, 2.75) is 13.5 Å². The molecule has 0 bridgehead atoms. The average molecular weight is 466 g/mol. The van der Waals surface area contributed by atoms with Crippen LogP contribution < -0.4 is 0 Å². The van der Waals surface area contributed by atoms with Gasteiger partial charge >= 0.3 is 5.97 Å². The third-order valence-corrected chi connectivity index (χ3v) is 4.59. The van der Waals surface area contributed by atoms with E-state index in [0.29, 0.717) is 5.56 Å². The van der Waals surface area contributed by atoms with Crippen molar-refractivity contribution in [1.82, 2.24) is 0 Å². The number of ether oxygens (including phenoxy) is 1. The zero-order valence-corrected chi connectivity index (χ0v) is 16.9. The highest BCUT2D eigenvalue weighted by molar-refractivity contribution is 14.1. The quantitative estimate of drug-likeness (QED) is 0.270. The van der Waals surface area contributed by atoms with Crippen molar-refractivity contribution >= 4 is 40.5 Å². The van der Waals surface area contributed by atoms with Crippen molar-refractivity contribution in [3.63, 3.8) is 0 Å². The van der Waals surface area contributed by atoms with E-state index in [4.69, 9.17) is 14.4 Å². The number of aryl methyl sites for hydroxylation is 1. The monoisotopic (exact) mass is 466 g/mol. The molecule has 0 radical (unpaired) electrons. The number of benzene rings is 2. The lowest BCUT2D eigenvalue weighted by Crippen LogP contribution is -2.20. The lowest BCUT2D eigenvalue weighted by molar-refractivity contribution is -0.132. The van der Waals surface area contributed by atoms with E-state index in [1.54, 1.807) is 12.3 Å². The molecule has 0 aromatic heterocycles. The molecule has 0 amide bonds. The van der Waals surface area contributed by atoms with Gasteiger partial charge in [0.1, 0.15) is 13.7 Å². The molecule has 0 aliphatic carbocycles. The number of halogens is 1. The van der Waals surface area contributed by atoms with E-state index in [1.165, 1.54) is 14.2 Å². The molecule has 6 nitrogen and oxygen atoms in total. The highest BCUT2D eigenvalue weighted by Crippen LogP contribution is 2.18. The summed E-state index contributed by atoms with van der Waals surface area (Å²) in [5.41, 5.74) is 3.37. The number of esters is 1. The van der Waals surface area contributed by atoms with Crippen molar-refractivity contribution in [2.24, 2.45) is 10.3 Å². The first kappa shape index (κ1) is 19.9. The summed E-state index contributed by atoms with van der Waals surface area (Å²) < 4.78 is 5.87. The molecule has 0 aliphatic rings. The molecular formula is C19H19IN2O4. The van der Waals surface area contributed by atoms with E-state index in [0.717, 1.165) is 20.3 Å². The Balaban J connectivity index is 2.23. The van der Waals surface area contributed by atoms with Crippen LogP contribution in [0.2, 0.25) is 0 Å². The van der Waals surface area contributed by atoms with Crippen LogP contribution in [0.4, 0.5) is 0 Å². The summed E-state index contributed by atoms with van der Waals surface area (Å²) in [5.74, 6) is -0.582. The first-order valence-corrected chi connectivity index (χ1v) is 8.84. The Morgan fingerprint density at radius 1 is 1.15 bits per heavy atom. The fraction of sp³-hybridized carbons (Fsp3) is 0.211. The first-order valence-electron chi connectivity index (χ1n) is 7.76. The molecule has 0 N–H and O–H groups in total. The highest BCUT2D eigenvalue weighted by atomic mass is 127. The van der Waals surface area contributed by atoms with Crippen molar-refractivity contribution in [1.29, 1.82) is 0 Å². The molecule has 0 spiro atoms. The summed E-state index contributed by atoms with van der Waals surface area (Å²) in [7, 11) is 2.67. The molecule has 2 aromatic rings. The fourth-order valence-electron chi connectivity index (χ4n) is 2.28. The van der Waals surface area contributed by atoms with Crippen molar-refractivity contribution in [3.8, 4) is 0 Å². The van der Waals surface area contributed by atoms with Gasteiger partial charge in [-0.05, 0) is 41.1 Å². The Bertz CT molecular complexity index is 834. The predicted octanol–water partition coefficient (Wildman–Crippen LogP) is 3.67. The van der Waals surface area contributed by atoms with Crippen LogP contribution in [-0.4, -0.2) is 32.1 Å². The van der Waals surface area contributed by atoms with Crippen LogP contribution in [0.1, 0.15) is 22.3 Å². The molecule has 0 atom stereocenters. The molecule has 0 aliphatic heterocycles. The average Bonchev–Trinajstić information content (AvgIpc) is 2.65. The highest BCUT2D eigenvalue weighted by Gasteiger charge is 2.20. The SMILES string of the molecule is CO/N=C(/C(=O)OC)c1cccc(C)c1CO/N=C/c1ccccc1I. The largest absolute Gasteiger partial charge is 0.464 e. The Morgan fingerprint density at radius 2 is 1.92 bits per heavy atom. The normalized spacial score (nSPS) is 11.5. The van der Waals surface area contributed by atoms with Crippen LogP contribution in [0.25, 0.3) is 0 Å². The van der Waals surface area contributed by atoms with Crippen LogP contribution in [0.5, 0.6) is 0 Å². The molecule has 0 fully saturated rings. The van der Waals surface area contributed by atoms with Gasteiger partial charge in [0.25, 0.3) is 0 Å². The van der Waals surface area contributed by atoms with E-state index in [1.807, 2.05) is 43.3 Å². The van der Waals surface area contributed by atoms with Crippen molar-refractivity contribution in [3.05, 3.63) is 68.3 Å². The minimum Gasteiger partial charge on any atom is -0.464 e. The Hall–Kier alpha value is -2.42. The molecule has 136 valence electrons. The number of hydrogen-bond donors (Lipinski definition) is 0. The molecule has 7 heteroatoms. The molecular weight excluding hydrogens is 447 g/mol. The van der Waals surface area contributed by atoms with E-state index >= 15 is 0 Å². The van der Waals surface area contributed by atoms with Gasteiger partial charge in [-0.25, -0.2) is 4.79 Å². The van der Waals surface area contributed by atoms with Crippen LogP contribution in [0.15, 0.2) is 52.8 Å². The minimum absolute atomic E-state index is 0.0823. The van der Waals surface area contributed by atoms with Gasteiger partial charge in [-0.2, -0.15) is 0 Å². The van der Waals surface area contributed by atoms with Crippen LogP contribution in [0, 0.1) is 10.5 Å². The number of nitrogens with zero attached hydrogens (tertiary/aromatic N) is 2. The molecule has 0 saturated heterocycles. The van der Waals surface area contributed by atoms with Gasteiger partial charge in [-0.3, -0.25) is 0 Å². The zero-order valence-electron chi connectivity index (χ0n) is 14.7. The molecule has 2 aromatic carbocycles. The summed E-state index contributed by atoms with van der Waals surface area (Å²) in [6, 6.07) is 13.4. The van der Waals surface area contributed by atoms with Gasteiger partial charge in [0.2, 0.25) is 0 Å². The van der Waals surface area contributed by atoms with Crippen molar-refractivity contribution < 1.29 is 19.2 Å². The Morgan fingerprint density at radius 3 is 2.62 bits per heavy atom. The number of carbonyl (C=O) groups excluding carboxylic acids is 1. The Kier molecular flexibility index (Phi) is 7.58. The summed E-state index contributed by atoms with van der Waals surface area (Å²) in [4.78, 5) is 22.3.